The normalized spacial score (nSPS) is 25.5. The monoisotopic (exact) mass is 326 g/mol. The number of benzene rings is 1. The Morgan fingerprint density at radius 3 is 2.67 bits per heavy atom. The van der Waals surface area contributed by atoms with Gasteiger partial charge in [0.2, 0.25) is 5.91 Å². The van der Waals surface area contributed by atoms with Gasteiger partial charge in [-0.2, -0.15) is 0 Å². The molecule has 2 aromatic rings. The van der Waals surface area contributed by atoms with Crippen LogP contribution in [0.1, 0.15) is 24.3 Å². The Labute approximate surface area is 140 Å². The van der Waals surface area contributed by atoms with E-state index in [1.807, 2.05) is 17.0 Å². The molecule has 1 aliphatic carbocycles. The summed E-state index contributed by atoms with van der Waals surface area (Å²) in [6, 6.07) is 10.2. The number of halogens is 1. The summed E-state index contributed by atoms with van der Waals surface area (Å²) in [5.41, 5.74) is 1.05. The third kappa shape index (κ3) is 3.11. The van der Waals surface area contributed by atoms with Gasteiger partial charge in [-0.05, 0) is 42.2 Å². The van der Waals surface area contributed by atoms with Crippen LogP contribution < -0.4 is 4.74 Å². The van der Waals surface area contributed by atoms with Crippen molar-refractivity contribution in [3.63, 3.8) is 0 Å². The molecule has 3 atom stereocenters. The van der Waals surface area contributed by atoms with E-state index in [4.69, 9.17) is 4.74 Å². The molecule has 1 amide bonds. The molecule has 0 N–H and O–H groups in total. The van der Waals surface area contributed by atoms with Crippen molar-refractivity contribution < 1.29 is 13.9 Å². The molecule has 0 spiro atoms. The summed E-state index contributed by atoms with van der Waals surface area (Å²) < 4.78 is 18.9. The first-order valence-corrected chi connectivity index (χ1v) is 8.31. The van der Waals surface area contributed by atoms with Gasteiger partial charge >= 0.3 is 0 Å². The van der Waals surface area contributed by atoms with Crippen LogP contribution in [0.15, 0.2) is 48.8 Å². The van der Waals surface area contributed by atoms with E-state index in [1.165, 1.54) is 12.1 Å². The van der Waals surface area contributed by atoms with Crippen molar-refractivity contribution in [2.45, 2.75) is 24.9 Å². The van der Waals surface area contributed by atoms with Crippen LogP contribution in [0.2, 0.25) is 0 Å². The van der Waals surface area contributed by atoms with Gasteiger partial charge < -0.3 is 9.64 Å². The fraction of sp³-hybridized carbons (Fsp3) is 0.368. The number of aromatic nitrogens is 1. The molecule has 2 aliphatic rings. The van der Waals surface area contributed by atoms with E-state index < -0.39 is 0 Å². The molecule has 24 heavy (non-hydrogen) atoms. The highest BCUT2D eigenvalue weighted by atomic mass is 19.1. The molecular formula is C19H19FN2O2. The molecule has 4 rings (SSSR count). The van der Waals surface area contributed by atoms with Gasteiger partial charge in [-0.3, -0.25) is 9.78 Å². The van der Waals surface area contributed by atoms with E-state index in [2.05, 4.69) is 4.98 Å². The Morgan fingerprint density at radius 2 is 1.92 bits per heavy atom. The maximum Gasteiger partial charge on any atom is 0.226 e. The third-order valence-corrected chi connectivity index (χ3v) is 4.81. The first-order chi connectivity index (χ1) is 11.7. The van der Waals surface area contributed by atoms with Crippen LogP contribution in [0.25, 0.3) is 0 Å². The first-order valence-electron chi connectivity index (χ1n) is 8.31. The highest BCUT2D eigenvalue weighted by Crippen LogP contribution is 2.48. The number of carbonyl (C=O) groups is 1. The Morgan fingerprint density at radius 1 is 1.17 bits per heavy atom. The molecule has 1 aromatic carbocycles. The number of nitrogens with zero attached hydrogens (tertiary/aromatic N) is 2. The summed E-state index contributed by atoms with van der Waals surface area (Å²) in [5, 5.41) is 0. The van der Waals surface area contributed by atoms with Crippen molar-refractivity contribution in [2.75, 3.05) is 13.1 Å². The van der Waals surface area contributed by atoms with E-state index in [9.17, 15) is 9.18 Å². The molecule has 1 saturated carbocycles. The summed E-state index contributed by atoms with van der Waals surface area (Å²) in [4.78, 5) is 18.5. The predicted octanol–water partition coefficient (Wildman–Crippen LogP) is 3.00. The van der Waals surface area contributed by atoms with Crippen LogP contribution in [0.4, 0.5) is 4.39 Å². The van der Waals surface area contributed by atoms with Gasteiger partial charge in [0.1, 0.15) is 17.7 Å². The van der Waals surface area contributed by atoms with Gasteiger partial charge in [0.25, 0.3) is 0 Å². The molecule has 0 bridgehead atoms. The van der Waals surface area contributed by atoms with E-state index in [0.29, 0.717) is 6.54 Å². The van der Waals surface area contributed by atoms with Crippen LogP contribution in [-0.2, 0) is 4.79 Å². The standard InChI is InChI=1S/C19H19FN2O2/c20-14-3-1-13(2-4-14)17-11-18(17)19(23)22-10-7-16(12-22)24-15-5-8-21-9-6-15/h1-6,8-9,16-18H,7,10-12H2/t16-,17-,18-/m0/s1. The minimum Gasteiger partial charge on any atom is -0.488 e. The van der Waals surface area contributed by atoms with Crippen molar-refractivity contribution in [1.29, 1.82) is 0 Å². The minimum atomic E-state index is -0.238. The number of ether oxygens (including phenoxy) is 1. The quantitative estimate of drug-likeness (QED) is 0.867. The highest BCUT2D eigenvalue weighted by molar-refractivity contribution is 5.83. The lowest BCUT2D eigenvalue weighted by molar-refractivity contribution is -0.131. The molecule has 2 heterocycles. The third-order valence-electron chi connectivity index (χ3n) is 4.81. The van der Waals surface area contributed by atoms with E-state index in [1.54, 1.807) is 24.5 Å². The Hall–Kier alpha value is -2.43. The fourth-order valence-corrected chi connectivity index (χ4v) is 3.41. The fourth-order valence-electron chi connectivity index (χ4n) is 3.41. The van der Waals surface area contributed by atoms with Gasteiger partial charge in [-0.1, -0.05) is 12.1 Å². The van der Waals surface area contributed by atoms with Crippen LogP contribution in [-0.4, -0.2) is 35.0 Å². The smallest absolute Gasteiger partial charge is 0.226 e. The molecule has 2 fully saturated rings. The van der Waals surface area contributed by atoms with Crippen LogP contribution in [0, 0.1) is 11.7 Å². The van der Waals surface area contributed by atoms with Gasteiger partial charge in [0.15, 0.2) is 0 Å². The number of hydrogen-bond acceptors (Lipinski definition) is 3. The Kier molecular flexibility index (Phi) is 3.92. The topological polar surface area (TPSA) is 42.4 Å². The second kappa shape index (κ2) is 6.23. The van der Waals surface area contributed by atoms with E-state index in [0.717, 1.165) is 30.7 Å². The molecule has 0 radical (unpaired) electrons. The maximum absolute atomic E-state index is 13.0. The summed E-state index contributed by atoms with van der Waals surface area (Å²) in [5.74, 6) is 1.02. The van der Waals surface area contributed by atoms with Crippen molar-refractivity contribution >= 4 is 5.91 Å². The lowest BCUT2D eigenvalue weighted by atomic mass is 10.1. The molecule has 1 aromatic heterocycles. The lowest BCUT2D eigenvalue weighted by Crippen LogP contribution is -2.32. The average Bonchev–Trinajstić information content (AvgIpc) is 3.27. The maximum atomic E-state index is 13.0. The Bertz CT molecular complexity index is 720. The van der Waals surface area contributed by atoms with Crippen LogP contribution in [0.5, 0.6) is 5.75 Å². The second-order valence-electron chi connectivity index (χ2n) is 6.50. The highest BCUT2D eigenvalue weighted by Gasteiger charge is 2.46. The number of rotatable bonds is 4. The molecule has 1 aliphatic heterocycles. The zero-order valence-electron chi connectivity index (χ0n) is 13.3. The van der Waals surface area contributed by atoms with Crippen LogP contribution >= 0.6 is 0 Å². The van der Waals surface area contributed by atoms with Crippen molar-refractivity contribution in [2.24, 2.45) is 5.92 Å². The number of carbonyl (C=O) groups excluding carboxylic acids is 1. The number of amides is 1. The van der Waals surface area contributed by atoms with Gasteiger partial charge in [0.05, 0.1) is 6.54 Å². The van der Waals surface area contributed by atoms with Crippen molar-refractivity contribution in [3.05, 3.63) is 60.2 Å². The van der Waals surface area contributed by atoms with Gasteiger partial charge in [-0.15, -0.1) is 0 Å². The molecule has 4 nitrogen and oxygen atoms in total. The summed E-state index contributed by atoms with van der Waals surface area (Å²) >= 11 is 0. The number of pyridine rings is 1. The molecular weight excluding hydrogens is 307 g/mol. The van der Waals surface area contributed by atoms with Crippen molar-refractivity contribution in [1.82, 2.24) is 9.88 Å². The second-order valence-corrected chi connectivity index (χ2v) is 6.50. The largest absolute Gasteiger partial charge is 0.488 e. The van der Waals surface area contributed by atoms with Crippen molar-refractivity contribution in [3.8, 4) is 5.75 Å². The predicted molar refractivity (Wildman–Crippen MR) is 87.1 cm³/mol. The number of hydrogen-bond donors (Lipinski definition) is 0. The zero-order chi connectivity index (χ0) is 16.5. The first kappa shape index (κ1) is 15.1. The summed E-state index contributed by atoms with van der Waals surface area (Å²) in [6.45, 7) is 1.37. The summed E-state index contributed by atoms with van der Waals surface area (Å²) in [6.07, 6.45) is 5.15. The molecule has 1 saturated heterocycles. The van der Waals surface area contributed by atoms with Gasteiger partial charge in [0, 0.05) is 31.3 Å². The molecule has 0 unspecified atom stereocenters. The van der Waals surface area contributed by atoms with E-state index >= 15 is 0 Å². The average molecular weight is 326 g/mol. The van der Waals surface area contributed by atoms with Gasteiger partial charge in [-0.25, -0.2) is 4.39 Å². The SMILES string of the molecule is O=C([C@H]1C[C@H]1c1ccc(F)cc1)N1CC[C@H](Oc2ccncc2)C1. The minimum absolute atomic E-state index is 0.0372. The Balaban J connectivity index is 1.33. The van der Waals surface area contributed by atoms with E-state index in [-0.39, 0.29) is 29.7 Å². The lowest BCUT2D eigenvalue weighted by Gasteiger charge is -2.17. The molecule has 5 heteroatoms. The summed E-state index contributed by atoms with van der Waals surface area (Å²) in [7, 11) is 0. The molecule has 124 valence electrons. The van der Waals surface area contributed by atoms with Crippen LogP contribution in [0.3, 0.4) is 0 Å². The zero-order valence-corrected chi connectivity index (χ0v) is 13.3. The number of likely N-dealkylation sites (tertiary alicyclic amines) is 1.